The van der Waals surface area contributed by atoms with Gasteiger partial charge in [0.2, 0.25) is 11.5 Å². The molecule has 2 rings (SSSR count). The number of aliphatic hydroxyl groups is 1. The Kier molecular flexibility index (Phi) is 4.98. The van der Waals surface area contributed by atoms with Crippen molar-refractivity contribution in [3.05, 3.63) is 48.0 Å². The largest absolute Gasteiger partial charge is 0.425 e. The fourth-order valence-electron chi connectivity index (χ4n) is 2.33. The van der Waals surface area contributed by atoms with Gasteiger partial charge in [-0.25, -0.2) is 4.98 Å². The molecule has 0 aliphatic rings. The molecular formula is C16H18F3N3O2. The summed E-state index contributed by atoms with van der Waals surface area (Å²) in [5.41, 5.74) is -1.96. The third-order valence-electron chi connectivity index (χ3n) is 3.72. The standard InChI is InChI=1S/C16H18F3N3O2/c1-3-11-4-6-12(7-5-11)21-13(23)10-15(24,16(17,18)19)14-20-8-9-22(14)2/h4-9,24H,3,10H2,1-2H3,(H,21,23)/t15-/m1/s1. The summed E-state index contributed by atoms with van der Waals surface area (Å²) in [5, 5.41) is 12.5. The van der Waals surface area contributed by atoms with Crippen molar-refractivity contribution in [3.63, 3.8) is 0 Å². The van der Waals surface area contributed by atoms with E-state index < -0.39 is 29.9 Å². The minimum absolute atomic E-state index is 0.363. The van der Waals surface area contributed by atoms with Gasteiger partial charge in [-0.05, 0) is 24.1 Å². The van der Waals surface area contributed by atoms with Gasteiger partial charge in [0.25, 0.3) is 0 Å². The number of anilines is 1. The third kappa shape index (κ3) is 3.59. The van der Waals surface area contributed by atoms with Gasteiger partial charge in [-0.1, -0.05) is 19.1 Å². The Bertz CT molecular complexity index is 710. The minimum atomic E-state index is -5.05. The van der Waals surface area contributed by atoms with Crippen molar-refractivity contribution in [2.75, 3.05) is 5.32 Å². The molecule has 1 atom stereocenters. The molecule has 0 aliphatic heterocycles. The molecule has 0 bridgehead atoms. The highest BCUT2D eigenvalue weighted by Gasteiger charge is 2.58. The van der Waals surface area contributed by atoms with Crippen LogP contribution in [0, 0.1) is 0 Å². The number of imidazole rings is 1. The monoisotopic (exact) mass is 341 g/mol. The number of rotatable bonds is 5. The maximum absolute atomic E-state index is 13.4. The van der Waals surface area contributed by atoms with Gasteiger partial charge in [-0.3, -0.25) is 4.79 Å². The van der Waals surface area contributed by atoms with Crippen LogP contribution in [0.3, 0.4) is 0 Å². The first-order valence-electron chi connectivity index (χ1n) is 7.33. The van der Waals surface area contributed by atoms with Crippen molar-refractivity contribution in [2.45, 2.75) is 31.5 Å². The Morgan fingerprint density at radius 1 is 1.29 bits per heavy atom. The van der Waals surface area contributed by atoms with Crippen LogP contribution in [0.4, 0.5) is 18.9 Å². The molecule has 1 aromatic heterocycles. The fraction of sp³-hybridized carbons (Fsp3) is 0.375. The van der Waals surface area contributed by atoms with Crippen molar-refractivity contribution in [3.8, 4) is 0 Å². The molecule has 0 unspecified atom stereocenters. The topological polar surface area (TPSA) is 67.2 Å². The average Bonchev–Trinajstić information content (AvgIpc) is 2.93. The second-order valence-corrected chi connectivity index (χ2v) is 5.50. The number of aryl methyl sites for hydroxylation is 2. The molecule has 1 aromatic carbocycles. The summed E-state index contributed by atoms with van der Waals surface area (Å²) in [7, 11) is 1.32. The van der Waals surface area contributed by atoms with Crippen LogP contribution in [0.2, 0.25) is 0 Å². The van der Waals surface area contributed by atoms with E-state index in [0.29, 0.717) is 5.69 Å². The van der Waals surface area contributed by atoms with Gasteiger partial charge in [0.05, 0.1) is 6.42 Å². The first-order chi connectivity index (χ1) is 11.2. The molecule has 130 valence electrons. The first kappa shape index (κ1) is 18.0. The lowest BCUT2D eigenvalue weighted by Crippen LogP contribution is -2.46. The van der Waals surface area contributed by atoms with Crippen molar-refractivity contribution in [1.82, 2.24) is 9.55 Å². The van der Waals surface area contributed by atoms with Crippen molar-refractivity contribution < 1.29 is 23.1 Å². The van der Waals surface area contributed by atoms with Crippen LogP contribution in [0.5, 0.6) is 0 Å². The maximum Gasteiger partial charge on any atom is 0.425 e. The highest BCUT2D eigenvalue weighted by atomic mass is 19.4. The predicted octanol–water partition coefficient (Wildman–Crippen LogP) is 2.76. The highest BCUT2D eigenvalue weighted by molar-refractivity contribution is 5.91. The van der Waals surface area contributed by atoms with Crippen molar-refractivity contribution in [2.24, 2.45) is 7.05 Å². The normalized spacial score (nSPS) is 14.2. The summed E-state index contributed by atoms with van der Waals surface area (Å²) in [4.78, 5) is 15.6. The SMILES string of the molecule is CCc1ccc(NC(=O)C[C@@](O)(c2nccn2C)C(F)(F)F)cc1. The second-order valence-electron chi connectivity index (χ2n) is 5.50. The molecular weight excluding hydrogens is 323 g/mol. The molecule has 0 saturated heterocycles. The molecule has 0 saturated carbocycles. The molecule has 24 heavy (non-hydrogen) atoms. The van der Waals surface area contributed by atoms with Crippen LogP contribution in [-0.4, -0.2) is 26.7 Å². The van der Waals surface area contributed by atoms with E-state index in [1.165, 1.54) is 13.2 Å². The minimum Gasteiger partial charge on any atom is -0.374 e. The van der Waals surface area contributed by atoms with Crippen molar-refractivity contribution >= 4 is 11.6 Å². The smallest absolute Gasteiger partial charge is 0.374 e. The quantitative estimate of drug-likeness (QED) is 0.879. The Morgan fingerprint density at radius 3 is 2.38 bits per heavy atom. The van der Waals surface area contributed by atoms with Crippen LogP contribution < -0.4 is 5.32 Å². The molecule has 1 amide bonds. The first-order valence-corrected chi connectivity index (χ1v) is 7.33. The van der Waals surface area contributed by atoms with Crippen LogP contribution in [-0.2, 0) is 23.9 Å². The molecule has 5 nitrogen and oxygen atoms in total. The number of alkyl halides is 3. The zero-order valence-electron chi connectivity index (χ0n) is 13.3. The van der Waals surface area contributed by atoms with E-state index in [-0.39, 0.29) is 0 Å². The van der Waals surface area contributed by atoms with E-state index in [1.807, 2.05) is 6.92 Å². The number of nitrogens with zero attached hydrogens (tertiary/aromatic N) is 2. The molecule has 0 spiro atoms. The van der Waals surface area contributed by atoms with E-state index in [2.05, 4.69) is 10.3 Å². The number of nitrogens with one attached hydrogen (secondary N) is 1. The Hall–Kier alpha value is -2.35. The molecule has 2 aromatic rings. The number of carbonyl (C=O) groups is 1. The van der Waals surface area contributed by atoms with Gasteiger partial charge >= 0.3 is 6.18 Å². The average molecular weight is 341 g/mol. The third-order valence-corrected chi connectivity index (χ3v) is 3.72. The lowest BCUT2D eigenvalue weighted by molar-refractivity contribution is -0.270. The zero-order chi connectivity index (χ0) is 18.0. The van der Waals surface area contributed by atoms with E-state index in [9.17, 15) is 23.1 Å². The number of benzene rings is 1. The van der Waals surface area contributed by atoms with Gasteiger partial charge in [0.1, 0.15) is 0 Å². The summed E-state index contributed by atoms with van der Waals surface area (Å²) in [6.45, 7) is 1.96. The Labute approximate surface area is 137 Å². The van der Waals surface area contributed by atoms with Gasteiger partial charge in [0.15, 0.2) is 5.82 Å². The van der Waals surface area contributed by atoms with E-state index in [1.54, 1.807) is 24.3 Å². The number of carbonyl (C=O) groups excluding carboxylic acids is 1. The van der Waals surface area contributed by atoms with Gasteiger partial charge in [0, 0.05) is 25.1 Å². The lowest BCUT2D eigenvalue weighted by Gasteiger charge is -2.29. The van der Waals surface area contributed by atoms with Crippen LogP contribution >= 0.6 is 0 Å². The number of hydrogen-bond donors (Lipinski definition) is 2. The Balaban J connectivity index is 2.20. The second kappa shape index (κ2) is 6.64. The number of hydrogen-bond acceptors (Lipinski definition) is 3. The number of aromatic nitrogens is 2. The van der Waals surface area contributed by atoms with E-state index in [0.717, 1.165) is 22.7 Å². The highest BCUT2D eigenvalue weighted by Crippen LogP contribution is 2.40. The van der Waals surface area contributed by atoms with Crippen LogP contribution in [0.15, 0.2) is 36.7 Å². The number of halogens is 3. The van der Waals surface area contributed by atoms with E-state index >= 15 is 0 Å². The molecule has 2 N–H and O–H groups in total. The summed E-state index contributed by atoms with van der Waals surface area (Å²) in [5.74, 6) is -1.59. The number of amides is 1. The van der Waals surface area contributed by atoms with Gasteiger partial charge in [-0.2, -0.15) is 13.2 Å². The van der Waals surface area contributed by atoms with Gasteiger partial charge in [-0.15, -0.1) is 0 Å². The van der Waals surface area contributed by atoms with Crippen LogP contribution in [0.25, 0.3) is 0 Å². The van der Waals surface area contributed by atoms with Gasteiger partial charge < -0.3 is 15.0 Å². The molecule has 1 heterocycles. The zero-order valence-corrected chi connectivity index (χ0v) is 13.3. The van der Waals surface area contributed by atoms with Crippen LogP contribution in [0.1, 0.15) is 24.7 Å². The van der Waals surface area contributed by atoms with E-state index in [4.69, 9.17) is 0 Å². The maximum atomic E-state index is 13.4. The molecule has 0 fully saturated rings. The molecule has 0 aliphatic carbocycles. The summed E-state index contributed by atoms with van der Waals surface area (Å²) in [6.07, 6.45) is -3.02. The molecule has 0 radical (unpaired) electrons. The molecule has 8 heteroatoms. The summed E-state index contributed by atoms with van der Waals surface area (Å²) < 4.78 is 41.1. The lowest BCUT2D eigenvalue weighted by atomic mass is 9.97. The fourth-order valence-corrected chi connectivity index (χ4v) is 2.33. The summed E-state index contributed by atoms with van der Waals surface area (Å²) >= 11 is 0. The Morgan fingerprint density at radius 2 is 1.92 bits per heavy atom. The predicted molar refractivity (Wildman–Crippen MR) is 82.2 cm³/mol. The van der Waals surface area contributed by atoms with Crippen molar-refractivity contribution in [1.29, 1.82) is 0 Å². The summed E-state index contributed by atoms with van der Waals surface area (Å²) in [6, 6.07) is 6.74.